The number of pyridine rings is 3. The van der Waals surface area contributed by atoms with Crippen LogP contribution < -0.4 is 9.47 Å². The summed E-state index contributed by atoms with van der Waals surface area (Å²) < 4.78 is 10.9. The van der Waals surface area contributed by atoms with Gasteiger partial charge in [0.25, 0.3) is 0 Å². The molecule has 5 heteroatoms. The van der Waals surface area contributed by atoms with E-state index in [2.05, 4.69) is 82.3 Å². The minimum Gasteiger partial charge on any atom is -0.497 e. The first-order valence-electron chi connectivity index (χ1n) is 13.3. The lowest BCUT2D eigenvalue weighted by Crippen LogP contribution is -1.95. The molecule has 0 saturated heterocycles. The molecule has 0 aliphatic carbocycles. The quantitative estimate of drug-likeness (QED) is 0.211. The lowest BCUT2D eigenvalue weighted by molar-refractivity contribution is 0.414. The second-order valence-corrected chi connectivity index (χ2v) is 10.3. The number of benzene rings is 3. The average molecular weight is 526 g/mol. The Balaban J connectivity index is 1.44. The molecule has 40 heavy (non-hydrogen) atoms. The van der Waals surface area contributed by atoms with Gasteiger partial charge in [-0.15, -0.1) is 0 Å². The number of aryl methyl sites for hydroxylation is 4. The van der Waals surface area contributed by atoms with Gasteiger partial charge >= 0.3 is 0 Å². The number of hydrogen-bond donors (Lipinski definition) is 0. The maximum Gasteiger partial charge on any atom is 0.119 e. The van der Waals surface area contributed by atoms with E-state index < -0.39 is 0 Å². The van der Waals surface area contributed by atoms with Crippen LogP contribution in [0.3, 0.4) is 0 Å². The molecule has 0 N–H and O–H groups in total. The van der Waals surface area contributed by atoms with Crippen molar-refractivity contribution >= 4 is 21.8 Å². The lowest BCUT2D eigenvalue weighted by atomic mass is 9.92. The first-order chi connectivity index (χ1) is 19.4. The van der Waals surface area contributed by atoms with Crippen LogP contribution in [-0.2, 0) is 0 Å². The Morgan fingerprint density at radius 3 is 1.77 bits per heavy atom. The van der Waals surface area contributed by atoms with Crippen LogP contribution in [0.2, 0.25) is 0 Å². The molecule has 0 saturated carbocycles. The largest absolute Gasteiger partial charge is 0.497 e. The number of rotatable bonds is 5. The normalized spacial score (nSPS) is 11.2. The summed E-state index contributed by atoms with van der Waals surface area (Å²) in [6, 6.07) is 22.9. The maximum absolute atomic E-state index is 5.49. The molecule has 0 atom stereocenters. The Bertz CT molecular complexity index is 1860. The SMILES string of the molecule is COc1cc(C)c(-c2ccc(-c3ccc4ccc5c(-c6c(C)cc(OC)cc6C)ccnc5c4n3)nc2)c(C)c1. The molecule has 0 amide bonds. The van der Waals surface area contributed by atoms with E-state index in [1.807, 2.05) is 24.5 Å². The zero-order chi connectivity index (χ0) is 28.0. The van der Waals surface area contributed by atoms with Crippen molar-refractivity contribution in [3.05, 3.63) is 101 Å². The second-order valence-electron chi connectivity index (χ2n) is 10.3. The molecule has 3 heterocycles. The van der Waals surface area contributed by atoms with Crippen LogP contribution in [0.1, 0.15) is 22.3 Å². The second kappa shape index (κ2) is 10.1. The standard InChI is InChI=1S/C35H31N3O2/c1-20-15-26(39-5)16-21(2)32(20)25-9-11-30(37-19-25)31-12-8-24-7-10-29-28(13-14-36-35(29)34(24)38-31)33-22(3)17-27(40-6)18-23(33)4/h7-19H,1-6H3. The van der Waals surface area contributed by atoms with Crippen molar-refractivity contribution in [1.82, 2.24) is 15.0 Å². The Kier molecular flexibility index (Phi) is 6.43. The molecule has 0 spiro atoms. The number of methoxy groups -OCH3 is 2. The molecular weight excluding hydrogens is 494 g/mol. The van der Waals surface area contributed by atoms with E-state index in [4.69, 9.17) is 24.4 Å². The Morgan fingerprint density at radius 1 is 0.575 bits per heavy atom. The predicted molar refractivity (Wildman–Crippen MR) is 163 cm³/mol. The first kappa shape index (κ1) is 25.5. The molecule has 0 aliphatic rings. The zero-order valence-electron chi connectivity index (χ0n) is 23.7. The van der Waals surface area contributed by atoms with Crippen molar-refractivity contribution in [1.29, 1.82) is 0 Å². The van der Waals surface area contributed by atoms with Crippen molar-refractivity contribution in [2.24, 2.45) is 0 Å². The number of hydrogen-bond acceptors (Lipinski definition) is 5. The predicted octanol–water partition coefficient (Wildman–Crippen LogP) is 8.43. The van der Waals surface area contributed by atoms with Crippen molar-refractivity contribution < 1.29 is 9.47 Å². The van der Waals surface area contributed by atoms with Gasteiger partial charge in [-0.1, -0.05) is 24.3 Å². The third-order valence-electron chi connectivity index (χ3n) is 7.64. The highest BCUT2D eigenvalue weighted by Gasteiger charge is 2.15. The van der Waals surface area contributed by atoms with Gasteiger partial charge in [0.1, 0.15) is 11.5 Å². The number of aromatic nitrogens is 3. The van der Waals surface area contributed by atoms with Gasteiger partial charge in [0.05, 0.1) is 36.6 Å². The number of fused-ring (bicyclic) bond motifs is 3. The fourth-order valence-electron chi connectivity index (χ4n) is 5.82. The topological polar surface area (TPSA) is 57.1 Å². The van der Waals surface area contributed by atoms with E-state index in [0.29, 0.717) is 0 Å². The van der Waals surface area contributed by atoms with Gasteiger partial charge in [-0.25, -0.2) is 4.98 Å². The third-order valence-corrected chi connectivity index (χ3v) is 7.64. The summed E-state index contributed by atoms with van der Waals surface area (Å²) in [5, 5.41) is 2.12. The fourth-order valence-corrected chi connectivity index (χ4v) is 5.82. The van der Waals surface area contributed by atoms with E-state index in [-0.39, 0.29) is 0 Å². The molecule has 5 nitrogen and oxygen atoms in total. The van der Waals surface area contributed by atoms with E-state index >= 15 is 0 Å². The first-order valence-corrected chi connectivity index (χ1v) is 13.3. The van der Waals surface area contributed by atoms with E-state index in [1.54, 1.807) is 14.2 Å². The van der Waals surface area contributed by atoms with Crippen LogP contribution in [0.5, 0.6) is 11.5 Å². The van der Waals surface area contributed by atoms with Crippen molar-refractivity contribution in [2.45, 2.75) is 27.7 Å². The summed E-state index contributed by atoms with van der Waals surface area (Å²) in [5.41, 5.74) is 12.6. The van der Waals surface area contributed by atoms with Gasteiger partial charge in [0.2, 0.25) is 0 Å². The summed E-state index contributed by atoms with van der Waals surface area (Å²) in [7, 11) is 3.40. The average Bonchev–Trinajstić information content (AvgIpc) is 2.96. The molecular formula is C35H31N3O2. The fraction of sp³-hybridized carbons (Fsp3) is 0.171. The van der Waals surface area contributed by atoms with Crippen LogP contribution in [-0.4, -0.2) is 29.2 Å². The minimum atomic E-state index is 0.818. The molecule has 3 aromatic heterocycles. The van der Waals surface area contributed by atoms with Gasteiger partial charge in [0, 0.05) is 28.7 Å². The van der Waals surface area contributed by atoms with Crippen molar-refractivity contribution in [3.8, 4) is 45.1 Å². The third kappa shape index (κ3) is 4.34. The molecule has 0 unspecified atom stereocenters. The summed E-state index contributed by atoms with van der Waals surface area (Å²) >= 11 is 0. The monoisotopic (exact) mass is 525 g/mol. The van der Waals surface area contributed by atoms with Crippen molar-refractivity contribution in [2.75, 3.05) is 14.2 Å². The van der Waals surface area contributed by atoms with Crippen molar-refractivity contribution in [3.63, 3.8) is 0 Å². The van der Waals surface area contributed by atoms with E-state index in [1.165, 1.54) is 11.1 Å². The van der Waals surface area contributed by atoms with Gasteiger partial charge < -0.3 is 9.47 Å². The lowest BCUT2D eigenvalue weighted by Gasteiger charge is -2.15. The zero-order valence-corrected chi connectivity index (χ0v) is 23.7. The van der Waals surface area contributed by atoms with Gasteiger partial charge in [-0.05, 0) is 109 Å². The summed E-state index contributed by atoms with van der Waals surface area (Å²) in [4.78, 5) is 14.7. The highest BCUT2D eigenvalue weighted by Crippen LogP contribution is 2.37. The molecule has 0 bridgehead atoms. The molecule has 0 aliphatic heterocycles. The Hall–Kier alpha value is -4.77. The highest BCUT2D eigenvalue weighted by molar-refractivity contribution is 6.09. The Morgan fingerprint density at radius 2 is 1.18 bits per heavy atom. The minimum absolute atomic E-state index is 0.818. The maximum atomic E-state index is 5.49. The molecule has 0 fully saturated rings. The number of nitrogens with zero attached hydrogens (tertiary/aromatic N) is 3. The Labute approximate surface area is 234 Å². The summed E-state index contributed by atoms with van der Waals surface area (Å²) in [6.07, 6.45) is 3.80. The smallest absolute Gasteiger partial charge is 0.119 e. The molecule has 198 valence electrons. The molecule has 6 aromatic rings. The highest BCUT2D eigenvalue weighted by atomic mass is 16.5. The van der Waals surface area contributed by atoms with Crippen LogP contribution >= 0.6 is 0 Å². The van der Waals surface area contributed by atoms with Crippen LogP contribution in [0.25, 0.3) is 55.4 Å². The molecule has 0 radical (unpaired) electrons. The number of ether oxygens (including phenoxy) is 2. The molecule has 6 rings (SSSR count). The van der Waals surface area contributed by atoms with Gasteiger partial charge in [-0.2, -0.15) is 0 Å². The summed E-state index contributed by atoms with van der Waals surface area (Å²) in [5.74, 6) is 1.73. The van der Waals surface area contributed by atoms with Gasteiger partial charge in [-0.3, -0.25) is 9.97 Å². The van der Waals surface area contributed by atoms with Crippen LogP contribution in [0.4, 0.5) is 0 Å². The van der Waals surface area contributed by atoms with Gasteiger partial charge in [0.15, 0.2) is 0 Å². The summed E-state index contributed by atoms with van der Waals surface area (Å²) in [6.45, 7) is 8.45. The van der Waals surface area contributed by atoms with E-state index in [9.17, 15) is 0 Å². The molecule has 3 aromatic carbocycles. The van der Waals surface area contributed by atoms with Crippen LogP contribution in [0, 0.1) is 27.7 Å². The van der Waals surface area contributed by atoms with Crippen LogP contribution in [0.15, 0.2) is 79.1 Å². The van der Waals surface area contributed by atoms with E-state index in [0.717, 1.165) is 78.1 Å².